The lowest BCUT2D eigenvalue weighted by Gasteiger charge is -2.27. The van der Waals surface area contributed by atoms with E-state index >= 15 is 0 Å². The lowest BCUT2D eigenvalue weighted by Crippen LogP contribution is -2.57. The number of hydrogen-bond donors (Lipinski definition) is 4. The molecule has 4 N–H and O–H groups in total. The van der Waals surface area contributed by atoms with Crippen molar-refractivity contribution >= 4 is 34.4 Å². The zero-order chi connectivity index (χ0) is 30.4. The third-order valence-electron chi connectivity index (χ3n) is 7.99. The van der Waals surface area contributed by atoms with Gasteiger partial charge in [0.2, 0.25) is 17.7 Å². The normalized spacial score (nSPS) is 20.5. The maximum atomic E-state index is 13.9. The summed E-state index contributed by atoms with van der Waals surface area (Å²) in [5, 5.41) is 9.41. The van der Waals surface area contributed by atoms with Crippen LogP contribution in [-0.2, 0) is 41.5 Å². The molecule has 2 aromatic carbocycles. The summed E-state index contributed by atoms with van der Waals surface area (Å²) in [4.78, 5) is 58.4. The largest absolute Gasteiger partial charge is 0.379 e. The molecule has 43 heavy (non-hydrogen) atoms. The van der Waals surface area contributed by atoms with E-state index < -0.39 is 35.5 Å². The van der Waals surface area contributed by atoms with Crippen LogP contribution in [0.2, 0.25) is 0 Å². The van der Waals surface area contributed by atoms with Gasteiger partial charge in [-0.25, -0.2) is 0 Å². The molecule has 3 heterocycles. The number of morpholine rings is 1. The Hall–Kier alpha value is -4.06. The van der Waals surface area contributed by atoms with Gasteiger partial charge < -0.3 is 30.4 Å². The number of para-hydroxylation sites is 1. The molecule has 2 aliphatic rings. The van der Waals surface area contributed by atoms with E-state index in [9.17, 15) is 19.2 Å². The van der Waals surface area contributed by atoms with Gasteiger partial charge in [0.15, 0.2) is 5.78 Å². The van der Waals surface area contributed by atoms with E-state index in [1.54, 1.807) is 13.8 Å². The van der Waals surface area contributed by atoms with E-state index in [1.807, 2.05) is 65.7 Å². The molecule has 11 nitrogen and oxygen atoms in total. The monoisotopic (exact) mass is 589 g/mol. The van der Waals surface area contributed by atoms with Crippen LogP contribution in [0.4, 0.5) is 0 Å². The number of carbonyl (C=O) groups is 4. The van der Waals surface area contributed by atoms with Gasteiger partial charge in [0.25, 0.3) is 0 Å². The third kappa shape index (κ3) is 7.86. The van der Waals surface area contributed by atoms with Crippen molar-refractivity contribution in [3.8, 4) is 0 Å². The molecule has 1 aromatic heterocycles. The highest BCUT2D eigenvalue weighted by Gasteiger charge is 2.50. The van der Waals surface area contributed by atoms with Crippen molar-refractivity contribution in [2.75, 3.05) is 39.5 Å². The molecule has 2 fully saturated rings. The van der Waals surface area contributed by atoms with Crippen molar-refractivity contribution in [3.63, 3.8) is 0 Å². The van der Waals surface area contributed by atoms with E-state index in [0.29, 0.717) is 32.9 Å². The van der Waals surface area contributed by atoms with Gasteiger partial charge in [-0.05, 0) is 37.5 Å². The number of nitrogens with zero attached hydrogens (tertiary/aromatic N) is 1. The summed E-state index contributed by atoms with van der Waals surface area (Å²) in [5.41, 5.74) is 1.69. The number of Topliss-reactive ketones (excluding diaryl/α,β-unsaturated/α-hetero) is 1. The number of nitrogens with one attached hydrogen (secondary N) is 4. The zero-order valence-electron chi connectivity index (χ0n) is 24.6. The minimum Gasteiger partial charge on any atom is -0.379 e. The van der Waals surface area contributed by atoms with Gasteiger partial charge in [-0.15, -0.1) is 0 Å². The second-order valence-corrected chi connectivity index (χ2v) is 11.4. The van der Waals surface area contributed by atoms with Crippen LogP contribution >= 0.6 is 0 Å². The van der Waals surface area contributed by atoms with Crippen LogP contribution in [0.3, 0.4) is 0 Å². The summed E-state index contributed by atoms with van der Waals surface area (Å²) in [6, 6.07) is 14.4. The third-order valence-corrected chi connectivity index (χ3v) is 7.99. The SMILES string of the molecule is CC(NC(=O)CN1CCOCC1)C(=O)NC(Cc1c[nH]c2ccccc12)C(=O)NC(Cc1ccccc1)C(=O)C1(C)CO1. The number of benzene rings is 2. The molecule has 2 aliphatic heterocycles. The first-order valence-electron chi connectivity index (χ1n) is 14.7. The Morgan fingerprint density at radius 2 is 1.58 bits per heavy atom. The molecule has 2 saturated heterocycles. The maximum Gasteiger partial charge on any atom is 0.243 e. The standard InChI is InChI=1S/C32H39N5O6/c1-21(34-28(38)19-37-12-14-42-15-13-37)30(40)36-27(17-23-18-33-25-11-7-6-10-24(23)25)31(41)35-26(29(39)32(2)20-43-32)16-22-8-4-3-5-9-22/h3-11,18,21,26-27,33H,12-17,19-20H2,1-2H3,(H,34,38)(H,35,41)(H,36,40). The number of hydrogen-bond acceptors (Lipinski definition) is 7. The lowest BCUT2D eigenvalue weighted by atomic mass is 9.94. The first-order valence-corrected chi connectivity index (χ1v) is 14.7. The number of epoxide rings is 1. The highest BCUT2D eigenvalue weighted by Crippen LogP contribution is 2.29. The Morgan fingerprint density at radius 3 is 2.30 bits per heavy atom. The summed E-state index contributed by atoms with van der Waals surface area (Å²) in [6.07, 6.45) is 2.28. The lowest BCUT2D eigenvalue weighted by molar-refractivity contribution is -0.134. The van der Waals surface area contributed by atoms with Gasteiger partial charge in [-0.3, -0.25) is 24.1 Å². The predicted octanol–water partition coefficient (Wildman–Crippen LogP) is 1.12. The van der Waals surface area contributed by atoms with E-state index in [4.69, 9.17) is 9.47 Å². The Balaban J connectivity index is 1.31. The Bertz CT molecular complexity index is 1450. The van der Waals surface area contributed by atoms with Crippen LogP contribution in [0.5, 0.6) is 0 Å². The molecule has 4 unspecified atom stereocenters. The molecule has 4 atom stereocenters. The summed E-state index contributed by atoms with van der Waals surface area (Å²) in [6.45, 7) is 6.17. The number of H-pyrrole nitrogens is 1. The number of aromatic amines is 1. The smallest absolute Gasteiger partial charge is 0.243 e. The number of ether oxygens (including phenoxy) is 2. The quantitative estimate of drug-likeness (QED) is 0.219. The maximum absolute atomic E-state index is 13.9. The van der Waals surface area contributed by atoms with Crippen LogP contribution in [0.15, 0.2) is 60.8 Å². The summed E-state index contributed by atoms with van der Waals surface area (Å²) >= 11 is 0. The number of carbonyl (C=O) groups excluding carboxylic acids is 4. The molecule has 0 radical (unpaired) electrons. The van der Waals surface area contributed by atoms with Crippen LogP contribution < -0.4 is 16.0 Å². The molecular weight excluding hydrogens is 550 g/mol. The molecule has 3 aromatic rings. The Labute approximate surface area is 250 Å². The topological polar surface area (TPSA) is 145 Å². The minimum absolute atomic E-state index is 0.157. The number of rotatable bonds is 13. The van der Waals surface area contributed by atoms with Crippen molar-refractivity contribution in [3.05, 3.63) is 71.9 Å². The molecule has 11 heteroatoms. The van der Waals surface area contributed by atoms with Crippen molar-refractivity contribution in [2.24, 2.45) is 0 Å². The van der Waals surface area contributed by atoms with E-state index in [2.05, 4.69) is 20.9 Å². The molecule has 0 bridgehead atoms. The summed E-state index contributed by atoms with van der Waals surface area (Å²) in [7, 11) is 0. The van der Waals surface area contributed by atoms with Crippen molar-refractivity contribution in [1.29, 1.82) is 0 Å². The number of amides is 3. The van der Waals surface area contributed by atoms with Crippen molar-refractivity contribution < 1.29 is 28.7 Å². The molecule has 3 amide bonds. The van der Waals surface area contributed by atoms with Gasteiger partial charge in [-0.2, -0.15) is 0 Å². The number of ketones is 1. The van der Waals surface area contributed by atoms with E-state index in [1.165, 1.54) is 0 Å². The molecule has 0 saturated carbocycles. The highest BCUT2D eigenvalue weighted by atomic mass is 16.6. The van der Waals surface area contributed by atoms with Crippen LogP contribution in [0.1, 0.15) is 25.0 Å². The van der Waals surface area contributed by atoms with Gasteiger partial charge >= 0.3 is 0 Å². The summed E-state index contributed by atoms with van der Waals surface area (Å²) in [5.74, 6) is -1.50. The van der Waals surface area contributed by atoms with E-state index in [0.717, 1.165) is 22.0 Å². The van der Waals surface area contributed by atoms with Crippen LogP contribution in [0.25, 0.3) is 10.9 Å². The predicted molar refractivity (Wildman–Crippen MR) is 160 cm³/mol. The van der Waals surface area contributed by atoms with Gasteiger partial charge in [0.05, 0.1) is 32.4 Å². The van der Waals surface area contributed by atoms with Crippen molar-refractivity contribution in [2.45, 2.75) is 50.4 Å². The van der Waals surface area contributed by atoms with Crippen molar-refractivity contribution in [1.82, 2.24) is 25.8 Å². The number of aromatic nitrogens is 1. The molecular formula is C32H39N5O6. The second-order valence-electron chi connectivity index (χ2n) is 11.4. The fourth-order valence-electron chi connectivity index (χ4n) is 5.29. The van der Waals surface area contributed by atoms with Gasteiger partial charge in [0, 0.05) is 36.6 Å². The van der Waals surface area contributed by atoms with Crippen LogP contribution in [0, 0.1) is 0 Å². The Morgan fingerprint density at radius 1 is 0.907 bits per heavy atom. The fraction of sp³-hybridized carbons (Fsp3) is 0.438. The first kappa shape index (κ1) is 30.4. The summed E-state index contributed by atoms with van der Waals surface area (Å²) < 4.78 is 10.7. The molecule has 228 valence electrons. The second kappa shape index (κ2) is 13.5. The highest BCUT2D eigenvalue weighted by molar-refractivity contribution is 5.99. The average Bonchev–Trinajstić information content (AvgIpc) is 3.64. The molecule has 5 rings (SSSR count). The van der Waals surface area contributed by atoms with Gasteiger partial charge in [0.1, 0.15) is 17.7 Å². The average molecular weight is 590 g/mol. The molecule has 0 spiro atoms. The van der Waals surface area contributed by atoms with Crippen LogP contribution in [-0.4, -0.2) is 96.6 Å². The minimum atomic E-state index is -1.01. The molecule has 0 aliphatic carbocycles. The fourth-order valence-corrected chi connectivity index (χ4v) is 5.29. The zero-order valence-corrected chi connectivity index (χ0v) is 24.6. The Kier molecular flexibility index (Phi) is 9.54. The van der Waals surface area contributed by atoms with Gasteiger partial charge in [-0.1, -0.05) is 48.5 Å². The first-order chi connectivity index (χ1) is 20.7. The number of fused-ring (bicyclic) bond motifs is 1. The van der Waals surface area contributed by atoms with E-state index in [-0.39, 0.29) is 31.1 Å².